The van der Waals surface area contributed by atoms with Crippen LogP contribution in [0, 0.1) is 0 Å². The van der Waals surface area contributed by atoms with Gasteiger partial charge in [-0.15, -0.1) is 0 Å². The molecule has 2 aromatic rings. The van der Waals surface area contributed by atoms with Crippen LogP contribution in [-0.4, -0.2) is 48.7 Å². The molecule has 0 heterocycles. The third-order valence-corrected chi connectivity index (χ3v) is 2.34. The van der Waals surface area contributed by atoms with Crippen LogP contribution < -0.4 is 4.74 Å². The first-order valence-corrected chi connectivity index (χ1v) is 5.76. The molecule has 0 aliphatic heterocycles. The van der Waals surface area contributed by atoms with Crippen LogP contribution in [0.15, 0.2) is 60.7 Å². The molecule has 0 unspecified atom stereocenters. The molecule has 0 bridgehead atoms. The Balaban J connectivity index is 0.00000180. The standard InChI is InChI=1S/C15H14O3.Na.H/c16-15(13-7-3-1-4-8-13)18-12-11-17-14-9-5-2-6-10-14;;/h1-10H,11-12H2;;. The summed E-state index contributed by atoms with van der Waals surface area (Å²) < 4.78 is 10.5. The van der Waals surface area contributed by atoms with Crippen molar-refractivity contribution in [2.45, 2.75) is 0 Å². The van der Waals surface area contributed by atoms with E-state index in [1.165, 1.54) is 0 Å². The van der Waals surface area contributed by atoms with Crippen LogP contribution in [0.5, 0.6) is 5.75 Å². The van der Waals surface area contributed by atoms with Gasteiger partial charge in [0, 0.05) is 0 Å². The quantitative estimate of drug-likeness (QED) is 0.473. The molecular weight excluding hydrogens is 251 g/mol. The molecule has 0 aromatic heterocycles. The summed E-state index contributed by atoms with van der Waals surface area (Å²) in [6.45, 7) is 0.589. The van der Waals surface area contributed by atoms with Crippen molar-refractivity contribution in [2.75, 3.05) is 13.2 Å². The Kier molecular flexibility index (Phi) is 7.26. The van der Waals surface area contributed by atoms with Gasteiger partial charge in [0.1, 0.15) is 19.0 Å². The van der Waals surface area contributed by atoms with Crippen molar-refractivity contribution in [1.29, 1.82) is 0 Å². The van der Waals surface area contributed by atoms with Gasteiger partial charge in [0.2, 0.25) is 0 Å². The minimum atomic E-state index is -0.327. The minimum absolute atomic E-state index is 0. The maximum atomic E-state index is 11.6. The molecule has 94 valence electrons. The number of benzene rings is 2. The van der Waals surface area contributed by atoms with E-state index in [9.17, 15) is 4.79 Å². The summed E-state index contributed by atoms with van der Waals surface area (Å²) in [7, 11) is 0. The van der Waals surface area contributed by atoms with Crippen LogP contribution in [0.1, 0.15) is 10.4 Å². The van der Waals surface area contributed by atoms with Gasteiger partial charge in [0.15, 0.2) is 0 Å². The summed E-state index contributed by atoms with van der Waals surface area (Å²) in [5.74, 6) is 0.445. The third kappa shape index (κ3) is 5.47. The third-order valence-electron chi connectivity index (χ3n) is 2.34. The Morgan fingerprint density at radius 2 is 1.42 bits per heavy atom. The second kappa shape index (κ2) is 8.75. The summed E-state index contributed by atoms with van der Waals surface area (Å²) in [6.07, 6.45) is 0. The Morgan fingerprint density at radius 1 is 0.842 bits per heavy atom. The molecule has 0 fully saturated rings. The number of hydrogen-bond donors (Lipinski definition) is 0. The molecule has 0 radical (unpaired) electrons. The SMILES string of the molecule is O=C(OCCOc1ccccc1)c1ccccc1.[NaH]. The molecule has 0 saturated heterocycles. The first-order chi connectivity index (χ1) is 8.86. The fourth-order valence-electron chi connectivity index (χ4n) is 1.47. The van der Waals surface area contributed by atoms with Crippen LogP contribution in [-0.2, 0) is 4.74 Å². The van der Waals surface area contributed by atoms with Gasteiger partial charge < -0.3 is 9.47 Å². The van der Waals surface area contributed by atoms with E-state index in [0.29, 0.717) is 12.2 Å². The molecule has 3 nitrogen and oxygen atoms in total. The first kappa shape index (κ1) is 15.8. The van der Waals surface area contributed by atoms with Gasteiger partial charge in [0.25, 0.3) is 0 Å². The van der Waals surface area contributed by atoms with E-state index in [-0.39, 0.29) is 42.1 Å². The van der Waals surface area contributed by atoms with Crippen molar-refractivity contribution < 1.29 is 14.3 Å². The number of rotatable bonds is 5. The molecule has 0 amide bonds. The number of carbonyl (C=O) groups excluding carboxylic acids is 1. The molecule has 0 aliphatic carbocycles. The number of para-hydroxylation sites is 1. The number of hydrogen-bond acceptors (Lipinski definition) is 3. The van der Waals surface area contributed by atoms with Crippen LogP contribution >= 0.6 is 0 Å². The van der Waals surface area contributed by atoms with E-state index in [1.54, 1.807) is 24.3 Å². The molecular formula is C15H15NaO3. The number of carbonyl (C=O) groups is 1. The molecule has 0 aliphatic rings. The van der Waals surface area contributed by atoms with Gasteiger partial charge in [-0.05, 0) is 24.3 Å². The van der Waals surface area contributed by atoms with E-state index in [1.807, 2.05) is 36.4 Å². The monoisotopic (exact) mass is 266 g/mol. The summed E-state index contributed by atoms with van der Waals surface area (Å²) in [6, 6.07) is 18.3. The first-order valence-electron chi connectivity index (χ1n) is 5.76. The molecule has 0 N–H and O–H groups in total. The summed E-state index contributed by atoms with van der Waals surface area (Å²) in [4.78, 5) is 11.6. The summed E-state index contributed by atoms with van der Waals surface area (Å²) in [5, 5.41) is 0. The van der Waals surface area contributed by atoms with E-state index < -0.39 is 0 Å². The maximum absolute atomic E-state index is 11.6. The molecule has 0 saturated carbocycles. The zero-order chi connectivity index (χ0) is 12.6. The van der Waals surface area contributed by atoms with Crippen molar-refractivity contribution in [3.63, 3.8) is 0 Å². The second-order valence-electron chi connectivity index (χ2n) is 3.66. The van der Waals surface area contributed by atoms with Gasteiger partial charge >= 0.3 is 35.5 Å². The average Bonchev–Trinajstić information content (AvgIpc) is 2.45. The normalized spacial score (nSPS) is 9.26. The van der Waals surface area contributed by atoms with Crippen LogP contribution in [0.4, 0.5) is 0 Å². The van der Waals surface area contributed by atoms with Crippen LogP contribution in [0.25, 0.3) is 0 Å². The second-order valence-corrected chi connectivity index (χ2v) is 3.66. The van der Waals surface area contributed by atoms with E-state index in [2.05, 4.69) is 0 Å². The number of esters is 1. The Hall–Kier alpha value is -1.29. The van der Waals surface area contributed by atoms with Crippen molar-refractivity contribution >= 4 is 35.5 Å². The molecule has 2 aromatic carbocycles. The summed E-state index contributed by atoms with van der Waals surface area (Å²) in [5.41, 5.74) is 0.553. The van der Waals surface area contributed by atoms with Crippen molar-refractivity contribution in [3.05, 3.63) is 66.2 Å². The molecule has 2 rings (SSSR count). The van der Waals surface area contributed by atoms with Gasteiger partial charge in [-0.25, -0.2) is 4.79 Å². The van der Waals surface area contributed by atoms with Crippen molar-refractivity contribution in [2.24, 2.45) is 0 Å². The average molecular weight is 266 g/mol. The van der Waals surface area contributed by atoms with Gasteiger partial charge in [0.05, 0.1) is 5.56 Å². The Bertz CT molecular complexity index is 485. The van der Waals surface area contributed by atoms with Crippen molar-refractivity contribution in [1.82, 2.24) is 0 Å². The zero-order valence-corrected chi connectivity index (χ0v) is 9.91. The topological polar surface area (TPSA) is 35.5 Å². The molecule has 4 heteroatoms. The fourth-order valence-corrected chi connectivity index (χ4v) is 1.47. The van der Waals surface area contributed by atoms with Crippen LogP contribution in [0.3, 0.4) is 0 Å². The molecule has 0 spiro atoms. The fraction of sp³-hybridized carbons (Fsp3) is 0.133. The van der Waals surface area contributed by atoms with Crippen LogP contribution in [0.2, 0.25) is 0 Å². The Labute approximate surface area is 134 Å². The van der Waals surface area contributed by atoms with Crippen molar-refractivity contribution in [3.8, 4) is 5.75 Å². The van der Waals surface area contributed by atoms with E-state index in [4.69, 9.17) is 9.47 Å². The van der Waals surface area contributed by atoms with Gasteiger partial charge in [-0.2, -0.15) is 0 Å². The van der Waals surface area contributed by atoms with Gasteiger partial charge in [-0.1, -0.05) is 36.4 Å². The Morgan fingerprint density at radius 3 is 2.05 bits per heavy atom. The molecule has 0 atom stereocenters. The van der Waals surface area contributed by atoms with E-state index >= 15 is 0 Å². The predicted molar refractivity (Wildman–Crippen MR) is 75.8 cm³/mol. The summed E-state index contributed by atoms with van der Waals surface area (Å²) >= 11 is 0. The predicted octanol–water partition coefficient (Wildman–Crippen LogP) is 2.27. The zero-order valence-electron chi connectivity index (χ0n) is 9.91. The van der Waals surface area contributed by atoms with E-state index in [0.717, 1.165) is 5.75 Å². The molecule has 19 heavy (non-hydrogen) atoms. The van der Waals surface area contributed by atoms with Gasteiger partial charge in [-0.3, -0.25) is 0 Å². The number of ether oxygens (including phenoxy) is 2.